The molecule has 0 atom stereocenters. The van der Waals surface area contributed by atoms with Crippen molar-refractivity contribution in [3.8, 4) is 0 Å². The Morgan fingerprint density at radius 3 is 2.28 bits per heavy atom. The molecule has 2 rings (SSSR count). The van der Waals surface area contributed by atoms with Gasteiger partial charge in [-0.1, -0.05) is 27.5 Å². The smallest absolute Gasteiger partial charge is 0.375 e. The minimum absolute atomic E-state index is 0.164. The van der Waals surface area contributed by atoms with Crippen molar-refractivity contribution in [2.45, 2.75) is 26.3 Å². The van der Waals surface area contributed by atoms with Crippen LogP contribution in [0.1, 0.15) is 26.3 Å². The molecule has 0 saturated heterocycles. The Bertz CT molecular complexity index is 539. The van der Waals surface area contributed by atoms with E-state index in [1.165, 1.54) is 0 Å². The van der Waals surface area contributed by atoms with E-state index >= 15 is 0 Å². The van der Waals surface area contributed by atoms with Crippen LogP contribution in [0.5, 0.6) is 0 Å². The zero-order chi connectivity index (χ0) is 13.5. The summed E-state index contributed by atoms with van der Waals surface area (Å²) in [6, 6.07) is 7.68. The zero-order valence-corrected chi connectivity index (χ0v) is 13.3. The second-order valence-corrected chi connectivity index (χ2v) is 6.52. The van der Waals surface area contributed by atoms with Gasteiger partial charge in [-0.25, -0.2) is 0 Å². The molecule has 2 nitrogen and oxygen atoms in total. The standard InChI is InChI=1S/C14H16BrClNO/c1-9(15)12-14(2,3)17(4)13(18-12)10-5-7-11(16)8-6-10/h5-8H,1-4H3/q+1. The van der Waals surface area contributed by atoms with Crippen molar-refractivity contribution in [3.63, 3.8) is 0 Å². The van der Waals surface area contributed by atoms with Crippen LogP contribution < -0.4 is 0 Å². The van der Waals surface area contributed by atoms with Crippen molar-refractivity contribution >= 4 is 33.4 Å². The predicted octanol–water partition coefficient (Wildman–Crippen LogP) is 4.16. The number of hydrogen-bond acceptors (Lipinski definition) is 1. The third kappa shape index (κ3) is 2.21. The topological polar surface area (TPSA) is 12.2 Å². The quantitative estimate of drug-likeness (QED) is 0.705. The average Bonchev–Trinajstić information content (AvgIpc) is 2.53. The highest BCUT2D eigenvalue weighted by Crippen LogP contribution is 2.33. The van der Waals surface area contributed by atoms with Gasteiger partial charge in [-0.05, 0) is 31.2 Å². The monoisotopic (exact) mass is 328 g/mol. The van der Waals surface area contributed by atoms with Crippen molar-refractivity contribution < 1.29 is 9.31 Å². The summed E-state index contributed by atoms with van der Waals surface area (Å²) in [5.41, 5.74) is 0.862. The minimum atomic E-state index is -0.164. The highest BCUT2D eigenvalue weighted by atomic mass is 79.9. The van der Waals surface area contributed by atoms with E-state index < -0.39 is 0 Å². The number of allylic oxidation sites excluding steroid dienone is 1. The van der Waals surface area contributed by atoms with E-state index in [1.54, 1.807) is 0 Å². The number of hydrogen-bond donors (Lipinski definition) is 0. The molecule has 0 aliphatic carbocycles. The Labute approximate surface area is 121 Å². The Morgan fingerprint density at radius 1 is 1.28 bits per heavy atom. The van der Waals surface area contributed by atoms with Gasteiger partial charge < -0.3 is 4.74 Å². The molecule has 0 saturated carbocycles. The number of halogens is 2. The first kappa shape index (κ1) is 13.6. The van der Waals surface area contributed by atoms with Gasteiger partial charge >= 0.3 is 5.90 Å². The molecule has 96 valence electrons. The summed E-state index contributed by atoms with van der Waals surface area (Å²) >= 11 is 9.42. The van der Waals surface area contributed by atoms with Gasteiger partial charge in [0, 0.05) is 23.4 Å². The number of rotatable bonds is 1. The lowest BCUT2D eigenvalue weighted by molar-refractivity contribution is -0.556. The second-order valence-electron chi connectivity index (χ2n) is 4.89. The maximum atomic E-state index is 6.01. The van der Waals surface area contributed by atoms with Crippen LogP contribution >= 0.6 is 27.5 Å². The number of nitrogens with zero attached hydrogens (tertiary/aromatic N) is 1. The Morgan fingerprint density at radius 2 is 1.83 bits per heavy atom. The molecule has 1 aliphatic rings. The van der Waals surface area contributed by atoms with Crippen LogP contribution in [0.25, 0.3) is 0 Å². The van der Waals surface area contributed by atoms with Gasteiger partial charge in [-0.15, -0.1) is 0 Å². The van der Waals surface area contributed by atoms with Crippen molar-refractivity contribution in [1.29, 1.82) is 0 Å². The van der Waals surface area contributed by atoms with Crippen LogP contribution in [-0.4, -0.2) is 23.1 Å². The second kappa shape index (κ2) is 4.71. The lowest BCUT2D eigenvalue weighted by Gasteiger charge is -2.13. The lowest BCUT2D eigenvalue weighted by Crippen LogP contribution is -2.32. The highest BCUT2D eigenvalue weighted by Gasteiger charge is 2.46. The Hall–Kier alpha value is -0.800. The van der Waals surface area contributed by atoms with Gasteiger partial charge in [0.05, 0.1) is 5.56 Å². The molecule has 0 spiro atoms. The molecule has 0 aromatic heterocycles. The van der Waals surface area contributed by atoms with Crippen molar-refractivity contribution in [2.75, 3.05) is 7.05 Å². The first-order valence-corrected chi connectivity index (χ1v) is 6.92. The summed E-state index contributed by atoms with van der Waals surface area (Å²) in [6.07, 6.45) is 0. The molecule has 0 unspecified atom stereocenters. The molecular weight excluding hydrogens is 314 g/mol. The first-order chi connectivity index (χ1) is 8.34. The largest absolute Gasteiger partial charge is 0.401 e. The fraction of sp³-hybridized carbons (Fsp3) is 0.357. The molecule has 0 amide bonds. The Kier molecular flexibility index (Phi) is 3.56. The summed E-state index contributed by atoms with van der Waals surface area (Å²) < 4.78 is 9.16. The van der Waals surface area contributed by atoms with Gasteiger partial charge in [0.2, 0.25) is 5.54 Å². The van der Waals surface area contributed by atoms with Gasteiger partial charge in [0.1, 0.15) is 7.05 Å². The van der Waals surface area contributed by atoms with Crippen LogP contribution in [-0.2, 0) is 4.74 Å². The number of likely N-dealkylation sites (N-methyl/N-ethyl adjacent to an activating group) is 1. The molecular formula is C14H16BrClNO+. The summed E-state index contributed by atoms with van der Waals surface area (Å²) in [4.78, 5) is 0. The third-order valence-corrected chi connectivity index (χ3v) is 3.91. The molecule has 0 N–H and O–H groups in total. The predicted molar refractivity (Wildman–Crippen MR) is 78.5 cm³/mol. The SMILES string of the molecule is CC(Br)=C1OC(c2ccc(Cl)cc2)=[N+](C)C1(C)C. The molecule has 0 fully saturated rings. The van der Waals surface area contributed by atoms with E-state index in [1.807, 2.05) is 38.2 Å². The lowest BCUT2D eigenvalue weighted by atomic mass is 10.0. The minimum Gasteiger partial charge on any atom is -0.401 e. The van der Waals surface area contributed by atoms with Crippen molar-refractivity contribution in [2.24, 2.45) is 0 Å². The zero-order valence-electron chi connectivity index (χ0n) is 10.9. The van der Waals surface area contributed by atoms with Crippen LogP contribution in [0.4, 0.5) is 0 Å². The van der Waals surface area contributed by atoms with E-state index in [0.29, 0.717) is 0 Å². The Balaban J connectivity index is 2.50. The van der Waals surface area contributed by atoms with E-state index in [2.05, 4.69) is 34.4 Å². The highest BCUT2D eigenvalue weighted by molar-refractivity contribution is 9.11. The van der Waals surface area contributed by atoms with Crippen LogP contribution in [0, 0.1) is 0 Å². The maximum absolute atomic E-state index is 6.01. The van der Waals surface area contributed by atoms with Gasteiger partial charge in [0.25, 0.3) is 0 Å². The fourth-order valence-corrected chi connectivity index (χ4v) is 2.73. The molecule has 1 aromatic carbocycles. The number of ether oxygens (including phenoxy) is 1. The third-order valence-electron chi connectivity index (χ3n) is 3.30. The molecule has 0 radical (unpaired) electrons. The summed E-state index contributed by atoms with van der Waals surface area (Å²) in [5.74, 6) is 1.79. The van der Waals surface area contributed by atoms with E-state index in [4.69, 9.17) is 16.3 Å². The molecule has 1 aliphatic heterocycles. The van der Waals surface area contributed by atoms with Gasteiger partial charge in [-0.2, -0.15) is 4.58 Å². The average molecular weight is 330 g/mol. The van der Waals surface area contributed by atoms with Crippen LogP contribution in [0.2, 0.25) is 5.02 Å². The van der Waals surface area contributed by atoms with Gasteiger partial charge in [-0.3, -0.25) is 0 Å². The molecule has 4 heteroatoms. The van der Waals surface area contributed by atoms with Gasteiger partial charge in [0.15, 0.2) is 5.76 Å². The van der Waals surface area contributed by atoms with Crippen molar-refractivity contribution in [1.82, 2.24) is 0 Å². The summed E-state index contributed by atoms with van der Waals surface area (Å²) in [7, 11) is 2.03. The van der Waals surface area contributed by atoms with E-state index in [0.717, 1.165) is 26.7 Å². The number of benzene rings is 1. The van der Waals surface area contributed by atoms with Crippen LogP contribution in [0.15, 0.2) is 34.5 Å². The first-order valence-electron chi connectivity index (χ1n) is 5.75. The molecule has 1 heterocycles. The molecule has 0 bridgehead atoms. The summed E-state index contributed by atoms with van der Waals surface area (Å²) in [5, 5.41) is 0.728. The molecule has 18 heavy (non-hydrogen) atoms. The summed E-state index contributed by atoms with van der Waals surface area (Å²) in [6.45, 7) is 6.27. The van der Waals surface area contributed by atoms with Crippen molar-refractivity contribution in [3.05, 3.63) is 45.1 Å². The van der Waals surface area contributed by atoms with E-state index in [9.17, 15) is 0 Å². The maximum Gasteiger partial charge on any atom is 0.375 e. The normalized spacial score (nSPS) is 21.0. The fourth-order valence-electron chi connectivity index (χ4n) is 2.03. The van der Waals surface area contributed by atoms with Crippen LogP contribution in [0.3, 0.4) is 0 Å². The molecule has 1 aromatic rings. The van der Waals surface area contributed by atoms with E-state index in [-0.39, 0.29) is 5.54 Å².